The molecule has 0 spiro atoms. The van der Waals surface area contributed by atoms with Gasteiger partial charge < -0.3 is 61.9 Å². The van der Waals surface area contributed by atoms with Gasteiger partial charge in [0.15, 0.2) is 5.60 Å². The number of ether oxygens (including phenoxy) is 2. The van der Waals surface area contributed by atoms with Crippen LogP contribution in [0.15, 0.2) is 35.1 Å². The lowest BCUT2D eigenvalue weighted by Gasteiger charge is -2.31. The van der Waals surface area contributed by atoms with Gasteiger partial charge in [-0.25, -0.2) is 28.6 Å². The van der Waals surface area contributed by atoms with Gasteiger partial charge in [0.25, 0.3) is 5.56 Å². The van der Waals surface area contributed by atoms with Crippen molar-refractivity contribution in [1.29, 1.82) is 0 Å². The number of benzene rings is 2. The number of anilines is 1. The van der Waals surface area contributed by atoms with Crippen molar-refractivity contribution < 1.29 is 52.8 Å². The second kappa shape index (κ2) is 19.0. The standard InChI is InChI=1S/C46H54FN9O11/c1-6-46(65)29-15-34-38-27(18-56(34)41(59)28(29)20-66-42(46)60)36-31(12-11-26-22(4)30(47)16-33(52-38)35(26)36)54-44(62)67-19-23-9-10-25(14-24(23)17-55(5)45(63)64)51-39(57)32(8-7-13-50-43(49)61)53-40(58)37(48)21(2)3/h9-10,14-16,21,31-32,37,65H,6-8,11-13,17-20,48H2,1-5H3,(H,51,57)(H,53,58)(H,54,62)(H,63,64)(H3,49,50,61)/t31-,32?,37?,46-/m0/s1. The summed E-state index contributed by atoms with van der Waals surface area (Å²) in [5, 5.41) is 32.6. The Balaban J connectivity index is 1.15. The zero-order valence-corrected chi connectivity index (χ0v) is 37.7. The number of hydrogen-bond donors (Lipinski definition) is 8. The molecular weight excluding hydrogens is 874 g/mol. The Morgan fingerprint density at radius 1 is 1.09 bits per heavy atom. The molecule has 356 valence electrons. The number of esters is 1. The van der Waals surface area contributed by atoms with E-state index < -0.39 is 71.1 Å². The molecule has 3 aliphatic rings. The highest BCUT2D eigenvalue weighted by Gasteiger charge is 2.46. The molecule has 0 radical (unpaired) electrons. The minimum absolute atomic E-state index is 0.0328. The summed E-state index contributed by atoms with van der Waals surface area (Å²) < 4.78 is 27.9. The van der Waals surface area contributed by atoms with Gasteiger partial charge in [-0.05, 0) is 91.0 Å². The molecule has 4 atom stereocenters. The van der Waals surface area contributed by atoms with Gasteiger partial charge in [-0.1, -0.05) is 26.8 Å². The Morgan fingerprint density at radius 2 is 1.84 bits per heavy atom. The van der Waals surface area contributed by atoms with Gasteiger partial charge in [0.2, 0.25) is 11.8 Å². The van der Waals surface area contributed by atoms with Crippen LogP contribution in [0.5, 0.6) is 0 Å². The lowest BCUT2D eigenvalue weighted by Crippen LogP contribution is -2.51. The molecule has 0 saturated carbocycles. The van der Waals surface area contributed by atoms with Crippen molar-refractivity contribution in [2.45, 2.75) is 110 Å². The third kappa shape index (κ3) is 9.33. The van der Waals surface area contributed by atoms with Crippen molar-refractivity contribution in [3.63, 3.8) is 0 Å². The number of rotatable bonds is 15. The van der Waals surface area contributed by atoms with Crippen LogP contribution in [0, 0.1) is 18.7 Å². The first-order chi connectivity index (χ1) is 31.7. The number of amides is 6. The van der Waals surface area contributed by atoms with E-state index in [-0.39, 0.29) is 74.8 Å². The van der Waals surface area contributed by atoms with Crippen molar-refractivity contribution in [2.24, 2.45) is 17.4 Å². The number of carbonyl (C=O) groups is 6. The Kier molecular flexibility index (Phi) is 13.6. The number of nitrogens with zero attached hydrogens (tertiary/aromatic N) is 3. The first kappa shape index (κ1) is 47.8. The molecule has 2 aliphatic heterocycles. The molecule has 7 rings (SSSR count). The zero-order chi connectivity index (χ0) is 48.6. The van der Waals surface area contributed by atoms with E-state index in [1.54, 1.807) is 39.8 Å². The lowest BCUT2D eigenvalue weighted by atomic mass is 9.81. The molecule has 6 amide bonds. The zero-order valence-electron chi connectivity index (χ0n) is 37.7. The van der Waals surface area contributed by atoms with Crippen LogP contribution in [0.2, 0.25) is 0 Å². The van der Waals surface area contributed by atoms with Crippen LogP contribution < -0.4 is 38.3 Å². The van der Waals surface area contributed by atoms with Gasteiger partial charge in [0.05, 0.1) is 41.1 Å². The minimum Gasteiger partial charge on any atom is -0.465 e. The van der Waals surface area contributed by atoms with Crippen LogP contribution in [0.4, 0.5) is 24.5 Å². The molecule has 0 fully saturated rings. The fraction of sp³-hybridized carbons (Fsp3) is 0.435. The molecular formula is C46H54FN9O11. The average Bonchev–Trinajstić information content (AvgIpc) is 3.65. The molecule has 0 saturated heterocycles. The highest BCUT2D eigenvalue weighted by atomic mass is 19.1. The normalized spacial score (nSPS) is 17.6. The van der Waals surface area contributed by atoms with Crippen LogP contribution in [0.3, 0.4) is 0 Å². The molecule has 21 heteroatoms. The number of aryl methyl sites for hydroxylation is 1. The summed E-state index contributed by atoms with van der Waals surface area (Å²) in [5.74, 6) is -2.72. The predicted molar refractivity (Wildman–Crippen MR) is 240 cm³/mol. The van der Waals surface area contributed by atoms with Crippen molar-refractivity contribution >= 4 is 52.6 Å². The van der Waals surface area contributed by atoms with Gasteiger partial charge in [-0.3, -0.25) is 14.4 Å². The first-order valence-corrected chi connectivity index (χ1v) is 21.9. The maximum Gasteiger partial charge on any atom is 0.407 e. The molecule has 20 nitrogen and oxygen atoms in total. The molecule has 10 N–H and O–H groups in total. The van der Waals surface area contributed by atoms with Crippen molar-refractivity contribution in [1.82, 2.24) is 30.4 Å². The van der Waals surface area contributed by atoms with E-state index in [1.807, 2.05) is 0 Å². The monoisotopic (exact) mass is 927 g/mol. The van der Waals surface area contributed by atoms with E-state index in [0.717, 1.165) is 4.90 Å². The van der Waals surface area contributed by atoms with Crippen LogP contribution >= 0.6 is 0 Å². The van der Waals surface area contributed by atoms with Gasteiger partial charge in [0, 0.05) is 48.4 Å². The Labute approximate surface area is 383 Å². The van der Waals surface area contributed by atoms with Gasteiger partial charge >= 0.3 is 24.2 Å². The summed E-state index contributed by atoms with van der Waals surface area (Å²) in [6, 6.07) is 4.08. The smallest absolute Gasteiger partial charge is 0.407 e. The van der Waals surface area contributed by atoms with E-state index in [1.165, 1.54) is 29.8 Å². The second-order valence-electron chi connectivity index (χ2n) is 17.5. The minimum atomic E-state index is -2.06. The summed E-state index contributed by atoms with van der Waals surface area (Å²) in [6.45, 7) is 6.14. The van der Waals surface area contributed by atoms with Gasteiger partial charge in [-0.15, -0.1) is 0 Å². The highest BCUT2D eigenvalue weighted by molar-refractivity contribution is 5.98. The van der Waals surface area contributed by atoms with E-state index in [0.29, 0.717) is 68.5 Å². The number of carboxylic acid groups (broad SMARTS) is 1. The van der Waals surface area contributed by atoms with E-state index in [2.05, 4.69) is 21.3 Å². The quantitative estimate of drug-likeness (QED) is 0.0552. The van der Waals surface area contributed by atoms with Crippen molar-refractivity contribution in [3.05, 3.63) is 91.0 Å². The molecule has 2 aromatic heterocycles. The second-order valence-corrected chi connectivity index (χ2v) is 17.5. The first-order valence-electron chi connectivity index (χ1n) is 21.9. The average molecular weight is 928 g/mol. The summed E-state index contributed by atoms with van der Waals surface area (Å²) in [7, 11) is 1.34. The number of alkyl carbamates (subject to hydrolysis) is 1. The number of cyclic esters (lactones) is 1. The molecule has 67 heavy (non-hydrogen) atoms. The maximum absolute atomic E-state index is 15.4. The van der Waals surface area contributed by atoms with Gasteiger partial charge in [-0.2, -0.15) is 0 Å². The van der Waals surface area contributed by atoms with Gasteiger partial charge in [0.1, 0.15) is 25.1 Å². The number of aromatic nitrogens is 2. The Morgan fingerprint density at radius 3 is 2.52 bits per heavy atom. The summed E-state index contributed by atoms with van der Waals surface area (Å²) in [5.41, 5.74) is 13.3. The van der Waals surface area contributed by atoms with E-state index >= 15 is 4.39 Å². The Bertz CT molecular complexity index is 2780. The number of urea groups is 1. The SMILES string of the molecule is CC[C@@]1(O)C(=O)OCc2c1cc1n(c2=O)Cc2c-1nc1cc(F)c(C)c3c1c2[C@@H](NC(=O)OCc1ccc(NC(=O)C(CCCNC(N)=O)NC(=O)C(N)C(C)C)cc1CN(C)C(=O)O)CC3. The number of halogens is 1. The third-order valence-corrected chi connectivity index (χ3v) is 12.9. The molecule has 4 heterocycles. The molecule has 1 aliphatic carbocycles. The van der Waals surface area contributed by atoms with Crippen LogP contribution in [-0.2, 0) is 62.2 Å². The number of carbonyl (C=O) groups excluding carboxylic acids is 5. The number of pyridine rings is 2. The number of aliphatic hydroxyl groups is 1. The molecule has 2 aromatic carbocycles. The van der Waals surface area contributed by atoms with Crippen LogP contribution in [0.25, 0.3) is 22.3 Å². The lowest BCUT2D eigenvalue weighted by molar-refractivity contribution is -0.172. The van der Waals surface area contributed by atoms with E-state index in [4.69, 9.17) is 25.9 Å². The molecule has 4 aromatic rings. The summed E-state index contributed by atoms with van der Waals surface area (Å²) in [4.78, 5) is 96.1. The van der Waals surface area contributed by atoms with Crippen LogP contribution in [0.1, 0.15) is 97.0 Å². The third-order valence-electron chi connectivity index (χ3n) is 12.9. The van der Waals surface area contributed by atoms with Crippen molar-refractivity contribution in [3.8, 4) is 11.4 Å². The van der Waals surface area contributed by atoms with Crippen LogP contribution in [-0.4, -0.2) is 86.3 Å². The fourth-order valence-corrected chi connectivity index (χ4v) is 8.93. The topological polar surface area (TPSA) is 300 Å². The fourth-order valence-electron chi connectivity index (χ4n) is 8.93. The van der Waals surface area contributed by atoms with E-state index in [9.17, 15) is 43.8 Å². The molecule has 2 unspecified atom stereocenters. The number of nitrogens with one attached hydrogen (secondary N) is 4. The number of primary amides is 1. The van der Waals surface area contributed by atoms with Crippen molar-refractivity contribution in [2.75, 3.05) is 18.9 Å². The number of nitrogens with two attached hydrogens (primary N) is 2. The predicted octanol–water partition coefficient (Wildman–Crippen LogP) is 3.41. The highest BCUT2D eigenvalue weighted by Crippen LogP contribution is 2.46. The number of fused-ring (bicyclic) bond motifs is 5. The summed E-state index contributed by atoms with van der Waals surface area (Å²) >= 11 is 0. The Hall–Kier alpha value is -7.13. The maximum atomic E-state index is 15.4. The molecule has 0 bridgehead atoms. The summed E-state index contributed by atoms with van der Waals surface area (Å²) in [6.07, 6.45) is -1.04. The number of hydrogen-bond acceptors (Lipinski definition) is 12. The largest absolute Gasteiger partial charge is 0.465 e.